The quantitative estimate of drug-likeness (QED) is 0.0270. The SMILES string of the molecule is COC(=O)[C@H](CNC(=O)c1ccc2c(cnn2CCCNC2=NCCCN2)c1)NS(=O)(=O)c1c(C)cc(OCCCC(=O)NCCNC(=O)C(CCC(=O)OC(C)(C)C)NC(=O)OCc2ccccc2)cc1C. The number of carbonyl (C=O) groups excluding carboxylic acids is 6. The number of aromatic nitrogens is 2. The summed E-state index contributed by atoms with van der Waals surface area (Å²) in [6.45, 7) is 11.2. The molecule has 2 atom stereocenters. The lowest BCUT2D eigenvalue weighted by atomic mass is 10.1. The Kier molecular flexibility index (Phi) is 21.4. The summed E-state index contributed by atoms with van der Waals surface area (Å²) in [5, 5.41) is 22.2. The van der Waals surface area contributed by atoms with E-state index in [4.69, 9.17) is 18.9 Å². The fraction of sp³-hybridized carbons (Fsp3) is 0.480. The number of fused-ring (bicyclic) bond motifs is 1. The van der Waals surface area contributed by atoms with Crippen molar-refractivity contribution in [1.29, 1.82) is 0 Å². The molecule has 0 radical (unpaired) electrons. The molecule has 1 aliphatic heterocycles. The van der Waals surface area contributed by atoms with Crippen LogP contribution in [0.25, 0.3) is 10.9 Å². The number of sulfonamides is 1. The number of benzene rings is 3. The molecule has 3 aromatic carbocycles. The van der Waals surface area contributed by atoms with Crippen LogP contribution in [0.2, 0.25) is 0 Å². The molecule has 0 fully saturated rings. The lowest BCUT2D eigenvalue weighted by Crippen LogP contribution is -2.49. The van der Waals surface area contributed by atoms with Gasteiger partial charge in [-0.15, -0.1) is 0 Å². The zero-order valence-corrected chi connectivity index (χ0v) is 43.1. The summed E-state index contributed by atoms with van der Waals surface area (Å²) in [4.78, 5) is 81.1. The molecular weight excluding hydrogens is 965 g/mol. The number of ether oxygens (including phenoxy) is 4. The van der Waals surface area contributed by atoms with Gasteiger partial charge in [0.15, 0.2) is 5.96 Å². The summed E-state index contributed by atoms with van der Waals surface area (Å²) < 4.78 is 53.1. The second kappa shape index (κ2) is 27.5. The van der Waals surface area contributed by atoms with E-state index in [9.17, 15) is 37.2 Å². The number of aryl methyl sites for hydroxylation is 3. The number of methoxy groups -OCH3 is 1. The summed E-state index contributed by atoms with van der Waals surface area (Å²) in [5.41, 5.74) is 1.79. The van der Waals surface area contributed by atoms with Gasteiger partial charge < -0.3 is 50.8 Å². The van der Waals surface area contributed by atoms with Crippen LogP contribution in [0.5, 0.6) is 5.75 Å². The van der Waals surface area contributed by atoms with Crippen molar-refractivity contribution in [3.8, 4) is 5.75 Å². The minimum absolute atomic E-state index is 0.0207. The summed E-state index contributed by atoms with van der Waals surface area (Å²) in [6.07, 6.45) is 2.82. The first-order chi connectivity index (χ1) is 34.8. The number of guanidine groups is 1. The molecule has 5 rings (SSSR count). The first-order valence-corrected chi connectivity index (χ1v) is 25.6. The number of hydrogen-bond acceptors (Lipinski definition) is 16. The number of amides is 4. The number of alkyl carbamates (subject to hydrolysis) is 1. The van der Waals surface area contributed by atoms with E-state index in [1.165, 1.54) is 12.1 Å². The third-order valence-electron chi connectivity index (χ3n) is 11.0. The van der Waals surface area contributed by atoms with Gasteiger partial charge in [-0.25, -0.2) is 13.2 Å². The first kappa shape index (κ1) is 56.6. The van der Waals surface area contributed by atoms with Gasteiger partial charge in [0.2, 0.25) is 21.8 Å². The second-order valence-corrected chi connectivity index (χ2v) is 19.9. The Bertz CT molecular complexity index is 2670. The van der Waals surface area contributed by atoms with Crippen molar-refractivity contribution in [2.24, 2.45) is 4.99 Å². The monoisotopic (exact) mass is 1030 g/mol. The van der Waals surface area contributed by atoms with Gasteiger partial charge in [0, 0.05) is 69.6 Å². The number of nitrogens with one attached hydrogen (secondary N) is 7. The van der Waals surface area contributed by atoms with Crippen molar-refractivity contribution in [2.45, 2.75) is 109 Å². The highest BCUT2D eigenvalue weighted by molar-refractivity contribution is 7.89. The Morgan fingerprint density at radius 3 is 2.32 bits per heavy atom. The minimum atomic E-state index is -4.34. The molecule has 2 heterocycles. The molecule has 0 spiro atoms. The van der Waals surface area contributed by atoms with E-state index >= 15 is 0 Å². The van der Waals surface area contributed by atoms with Crippen LogP contribution < -0.4 is 41.4 Å². The normalized spacial score (nSPS) is 13.3. The molecule has 4 amide bonds. The van der Waals surface area contributed by atoms with Crippen molar-refractivity contribution in [3.05, 3.63) is 89.1 Å². The largest absolute Gasteiger partial charge is 0.494 e. The number of nitrogens with zero attached hydrogens (tertiary/aromatic N) is 3. The van der Waals surface area contributed by atoms with Crippen LogP contribution in [0.3, 0.4) is 0 Å². The molecule has 4 aromatic rings. The van der Waals surface area contributed by atoms with E-state index in [1.54, 1.807) is 83.3 Å². The Morgan fingerprint density at radius 2 is 1.62 bits per heavy atom. The highest BCUT2D eigenvalue weighted by Crippen LogP contribution is 2.26. The van der Waals surface area contributed by atoms with Crippen LogP contribution >= 0.6 is 0 Å². The fourth-order valence-corrected chi connectivity index (χ4v) is 9.26. The molecule has 1 aromatic heterocycles. The van der Waals surface area contributed by atoms with Crippen molar-refractivity contribution >= 4 is 62.6 Å². The Balaban J connectivity index is 1.04. The zero-order chi connectivity index (χ0) is 53.0. The van der Waals surface area contributed by atoms with Crippen molar-refractivity contribution in [3.63, 3.8) is 0 Å². The summed E-state index contributed by atoms with van der Waals surface area (Å²) in [7, 11) is -3.23. The summed E-state index contributed by atoms with van der Waals surface area (Å²) in [6, 6.07) is 14.6. The zero-order valence-electron chi connectivity index (χ0n) is 42.3. The fourth-order valence-electron chi connectivity index (χ4n) is 7.62. The van der Waals surface area contributed by atoms with Crippen LogP contribution in [-0.4, -0.2) is 131 Å². The van der Waals surface area contributed by atoms with E-state index in [2.05, 4.69) is 46.7 Å². The van der Waals surface area contributed by atoms with Gasteiger partial charge in [-0.1, -0.05) is 30.3 Å². The molecule has 23 heteroatoms. The van der Waals surface area contributed by atoms with Crippen molar-refractivity contribution < 1.29 is 56.1 Å². The summed E-state index contributed by atoms with van der Waals surface area (Å²) in [5.74, 6) is -1.71. The molecule has 7 N–H and O–H groups in total. The number of aliphatic imine (C=N–C) groups is 1. The van der Waals surface area contributed by atoms with Crippen molar-refractivity contribution in [2.75, 3.05) is 53.0 Å². The molecule has 0 saturated heterocycles. The highest BCUT2D eigenvalue weighted by Gasteiger charge is 2.30. The molecule has 22 nitrogen and oxygen atoms in total. The maximum Gasteiger partial charge on any atom is 0.408 e. The predicted octanol–water partition coefficient (Wildman–Crippen LogP) is 3.04. The lowest BCUT2D eigenvalue weighted by molar-refractivity contribution is -0.155. The molecule has 0 bridgehead atoms. The van der Waals surface area contributed by atoms with E-state index < -0.39 is 64.1 Å². The number of carbonyl (C=O) groups is 6. The minimum Gasteiger partial charge on any atom is -0.494 e. The molecule has 73 heavy (non-hydrogen) atoms. The number of esters is 2. The average molecular weight is 1030 g/mol. The molecule has 0 aliphatic carbocycles. The third kappa shape index (κ3) is 18.7. The second-order valence-electron chi connectivity index (χ2n) is 18.2. The molecular formula is C50H68N10O12S. The maximum absolute atomic E-state index is 13.8. The average Bonchev–Trinajstić information content (AvgIpc) is 3.76. The van der Waals surface area contributed by atoms with E-state index in [-0.39, 0.29) is 56.4 Å². The van der Waals surface area contributed by atoms with Gasteiger partial charge in [0.25, 0.3) is 5.91 Å². The van der Waals surface area contributed by atoms with Crippen LogP contribution in [0, 0.1) is 13.8 Å². The number of rotatable bonds is 26. The van der Waals surface area contributed by atoms with Crippen molar-refractivity contribution in [1.82, 2.24) is 46.4 Å². The van der Waals surface area contributed by atoms with Crippen LogP contribution in [-0.2, 0) is 56.6 Å². The third-order valence-corrected chi connectivity index (χ3v) is 12.8. The molecule has 0 saturated carbocycles. The van der Waals surface area contributed by atoms with Gasteiger partial charge in [-0.3, -0.25) is 33.6 Å². The smallest absolute Gasteiger partial charge is 0.408 e. The Hall–Kier alpha value is -7.27. The van der Waals surface area contributed by atoms with Gasteiger partial charge in [-0.2, -0.15) is 9.82 Å². The molecule has 1 unspecified atom stereocenters. The van der Waals surface area contributed by atoms with Crippen LogP contribution in [0.1, 0.15) is 86.3 Å². The lowest BCUT2D eigenvalue weighted by Gasteiger charge is -2.21. The molecule has 1 aliphatic rings. The Labute approximate surface area is 425 Å². The van der Waals surface area contributed by atoms with Gasteiger partial charge in [-0.05, 0) is 107 Å². The van der Waals surface area contributed by atoms with Crippen LogP contribution in [0.4, 0.5) is 4.79 Å². The van der Waals surface area contributed by atoms with Gasteiger partial charge in [0.05, 0.1) is 30.3 Å². The van der Waals surface area contributed by atoms with E-state index in [0.717, 1.165) is 55.5 Å². The van der Waals surface area contributed by atoms with Crippen LogP contribution in [0.15, 0.2) is 76.7 Å². The maximum atomic E-state index is 13.8. The topological polar surface area (TPSA) is 288 Å². The standard InChI is InChI=1S/C50H68N10O12S/c1-33-27-38(70-26-10-15-42(61)51-23-24-52-46(64)39(17-19-43(62)72-50(3,4)5)58-49(66)71-32-35-13-8-7-9-14-35)28-34(2)44(33)73(67,68)59-40(47(65)69-6)31-56-45(63)36-16-18-41-37(29-36)30-57-60(41)25-12-22-55-48-53-20-11-21-54-48/h7-9,13-14,16,18,27-30,39-40,59H,10-12,15,17,19-26,31-32H2,1-6H3,(H,51,61)(H,52,64)(H,56,63)(H,58,66)(H2,53,54,55)/t39?,40-/m0/s1. The Morgan fingerprint density at radius 1 is 0.877 bits per heavy atom. The predicted molar refractivity (Wildman–Crippen MR) is 271 cm³/mol. The van der Waals surface area contributed by atoms with E-state index in [1.807, 2.05) is 10.7 Å². The first-order valence-electron chi connectivity index (χ1n) is 24.2. The summed E-state index contributed by atoms with van der Waals surface area (Å²) >= 11 is 0. The number of hydrogen-bond donors (Lipinski definition) is 7. The van der Waals surface area contributed by atoms with Gasteiger partial charge >= 0.3 is 18.0 Å². The highest BCUT2D eigenvalue weighted by atomic mass is 32.2. The molecule has 396 valence electrons. The van der Waals surface area contributed by atoms with Gasteiger partial charge in [0.1, 0.15) is 30.0 Å². The van der Waals surface area contributed by atoms with E-state index in [0.29, 0.717) is 42.0 Å².